The van der Waals surface area contributed by atoms with Gasteiger partial charge in [0.15, 0.2) is 0 Å². The third kappa shape index (κ3) is 4.80. The van der Waals surface area contributed by atoms with E-state index in [0.29, 0.717) is 59.7 Å². The van der Waals surface area contributed by atoms with E-state index in [1.165, 1.54) is 6.07 Å². The van der Waals surface area contributed by atoms with Crippen molar-refractivity contribution in [3.63, 3.8) is 0 Å². The lowest BCUT2D eigenvalue weighted by molar-refractivity contribution is -0.131. The molecule has 1 aliphatic rings. The van der Waals surface area contributed by atoms with E-state index in [1.54, 1.807) is 30.0 Å². The van der Waals surface area contributed by atoms with Crippen LogP contribution >= 0.6 is 0 Å². The number of amides is 1. The van der Waals surface area contributed by atoms with Gasteiger partial charge in [-0.2, -0.15) is 0 Å². The van der Waals surface area contributed by atoms with Gasteiger partial charge < -0.3 is 21.3 Å². The zero-order chi connectivity index (χ0) is 23.5. The van der Waals surface area contributed by atoms with Crippen molar-refractivity contribution < 1.29 is 13.6 Å². The van der Waals surface area contributed by atoms with Gasteiger partial charge in [-0.15, -0.1) is 0 Å². The smallest absolute Gasteiger partial charge is 0.260 e. The number of H-pyrrole nitrogens is 1. The average Bonchev–Trinajstić information content (AvgIpc) is 2.77. The maximum atomic E-state index is 14.3. The highest BCUT2D eigenvalue weighted by atomic mass is 19.1. The SMILES string of the molecule is CC1c2c(F)cc(F)cc2CCN1C(=O)CNc1ccc2c(=O)[nH]c(NCCCN)nc2c1. The first-order chi connectivity index (χ1) is 15.9. The standard InChI is InChI=1S/C23H26F2N6O2/c1-13-21-14(9-15(24)10-18(21)25)5-8-31(13)20(32)12-28-16-3-4-17-19(11-16)29-23(30-22(17)33)27-7-2-6-26/h3-4,9-11,13,28H,2,5-8,12,26H2,1H3,(H2,27,29,30,33). The number of rotatable bonds is 7. The molecule has 1 unspecified atom stereocenters. The van der Waals surface area contributed by atoms with E-state index in [0.717, 1.165) is 12.5 Å². The Hall–Kier alpha value is -3.53. The molecule has 2 heterocycles. The molecule has 0 aliphatic carbocycles. The van der Waals surface area contributed by atoms with Gasteiger partial charge in [-0.25, -0.2) is 13.8 Å². The number of aromatic amines is 1. The van der Waals surface area contributed by atoms with E-state index in [-0.39, 0.29) is 18.0 Å². The number of halogens is 2. The molecule has 3 aromatic rings. The summed E-state index contributed by atoms with van der Waals surface area (Å²) >= 11 is 0. The Morgan fingerprint density at radius 1 is 1.27 bits per heavy atom. The summed E-state index contributed by atoms with van der Waals surface area (Å²) in [7, 11) is 0. The fourth-order valence-corrected chi connectivity index (χ4v) is 4.17. The summed E-state index contributed by atoms with van der Waals surface area (Å²) in [6.07, 6.45) is 1.13. The van der Waals surface area contributed by atoms with Gasteiger partial charge in [0.25, 0.3) is 5.56 Å². The Labute approximate surface area is 189 Å². The van der Waals surface area contributed by atoms with Gasteiger partial charge in [-0.05, 0) is 56.1 Å². The van der Waals surface area contributed by atoms with Gasteiger partial charge in [-0.1, -0.05) is 0 Å². The minimum atomic E-state index is -0.635. The Kier molecular flexibility index (Phi) is 6.55. The Morgan fingerprint density at radius 2 is 2.09 bits per heavy atom. The minimum Gasteiger partial charge on any atom is -0.376 e. The van der Waals surface area contributed by atoms with Crippen LogP contribution in [0.5, 0.6) is 0 Å². The maximum Gasteiger partial charge on any atom is 0.260 e. The number of fused-ring (bicyclic) bond motifs is 2. The molecule has 0 spiro atoms. The Bertz CT molecular complexity index is 1250. The molecule has 0 bridgehead atoms. The quantitative estimate of drug-likeness (QED) is 0.406. The largest absolute Gasteiger partial charge is 0.376 e. The van der Waals surface area contributed by atoms with Crippen LogP contribution < -0.4 is 21.9 Å². The molecule has 174 valence electrons. The predicted molar refractivity (Wildman–Crippen MR) is 123 cm³/mol. The zero-order valence-corrected chi connectivity index (χ0v) is 18.3. The molecule has 33 heavy (non-hydrogen) atoms. The summed E-state index contributed by atoms with van der Waals surface area (Å²) < 4.78 is 27.9. The molecule has 1 amide bonds. The third-order valence-electron chi connectivity index (χ3n) is 5.83. The highest BCUT2D eigenvalue weighted by Gasteiger charge is 2.30. The molecule has 1 atom stereocenters. The van der Waals surface area contributed by atoms with Crippen LogP contribution in [0.3, 0.4) is 0 Å². The summed E-state index contributed by atoms with van der Waals surface area (Å²) in [6, 6.07) is 6.72. The summed E-state index contributed by atoms with van der Waals surface area (Å²) in [5.74, 6) is -1.10. The molecule has 0 saturated heterocycles. The van der Waals surface area contributed by atoms with Crippen LogP contribution in [0.2, 0.25) is 0 Å². The Balaban J connectivity index is 1.46. The second-order valence-corrected chi connectivity index (χ2v) is 8.04. The molecule has 2 aromatic carbocycles. The zero-order valence-electron chi connectivity index (χ0n) is 18.3. The van der Waals surface area contributed by atoms with E-state index in [2.05, 4.69) is 20.6 Å². The van der Waals surface area contributed by atoms with Crippen LogP contribution in [-0.4, -0.2) is 47.0 Å². The van der Waals surface area contributed by atoms with Gasteiger partial charge in [0.1, 0.15) is 11.6 Å². The van der Waals surface area contributed by atoms with E-state index in [1.807, 2.05) is 0 Å². The molecule has 5 N–H and O–H groups in total. The normalized spacial score (nSPS) is 15.4. The molecule has 4 rings (SSSR count). The highest BCUT2D eigenvalue weighted by molar-refractivity contribution is 5.85. The Morgan fingerprint density at radius 3 is 2.88 bits per heavy atom. The maximum absolute atomic E-state index is 14.3. The summed E-state index contributed by atoms with van der Waals surface area (Å²) in [6.45, 7) is 3.21. The van der Waals surface area contributed by atoms with E-state index in [9.17, 15) is 18.4 Å². The monoisotopic (exact) mass is 456 g/mol. The summed E-state index contributed by atoms with van der Waals surface area (Å²) in [4.78, 5) is 33.9. The molecule has 0 radical (unpaired) electrons. The number of anilines is 2. The van der Waals surface area contributed by atoms with Crippen molar-refractivity contribution in [1.82, 2.24) is 14.9 Å². The van der Waals surface area contributed by atoms with Crippen molar-refractivity contribution in [3.05, 3.63) is 63.4 Å². The molecular weight excluding hydrogens is 430 g/mol. The van der Waals surface area contributed by atoms with Crippen molar-refractivity contribution in [1.29, 1.82) is 0 Å². The predicted octanol–water partition coefficient (Wildman–Crippen LogP) is 2.52. The van der Waals surface area contributed by atoms with Crippen LogP contribution in [0.15, 0.2) is 35.1 Å². The van der Waals surface area contributed by atoms with Crippen molar-refractivity contribution >= 4 is 28.4 Å². The second kappa shape index (κ2) is 9.53. The van der Waals surface area contributed by atoms with Crippen LogP contribution in [0.25, 0.3) is 10.9 Å². The van der Waals surface area contributed by atoms with Crippen LogP contribution in [0, 0.1) is 11.6 Å². The number of nitrogens with two attached hydrogens (primary N) is 1. The summed E-state index contributed by atoms with van der Waals surface area (Å²) in [5.41, 5.74) is 7.28. The van der Waals surface area contributed by atoms with Crippen molar-refractivity contribution in [2.24, 2.45) is 5.73 Å². The number of carbonyl (C=O) groups excluding carboxylic acids is 1. The minimum absolute atomic E-state index is 0.0151. The molecule has 8 nitrogen and oxygen atoms in total. The van der Waals surface area contributed by atoms with Crippen molar-refractivity contribution in [2.45, 2.75) is 25.8 Å². The first kappa shape index (κ1) is 22.7. The van der Waals surface area contributed by atoms with Crippen LogP contribution in [-0.2, 0) is 11.2 Å². The molecule has 1 aromatic heterocycles. The fraction of sp³-hybridized carbons (Fsp3) is 0.348. The summed E-state index contributed by atoms with van der Waals surface area (Å²) in [5, 5.41) is 6.52. The molecule has 10 heteroatoms. The van der Waals surface area contributed by atoms with Gasteiger partial charge in [0.2, 0.25) is 11.9 Å². The fourth-order valence-electron chi connectivity index (χ4n) is 4.17. The molecule has 0 fully saturated rings. The highest BCUT2D eigenvalue weighted by Crippen LogP contribution is 2.32. The van der Waals surface area contributed by atoms with Crippen LogP contribution in [0.1, 0.15) is 30.5 Å². The molecule has 0 saturated carbocycles. The third-order valence-corrected chi connectivity index (χ3v) is 5.83. The topological polar surface area (TPSA) is 116 Å². The lowest BCUT2D eigenvalue weighted by atomic mass is 9.92. The van der Waals surface area contributed by atoms with Gasteiger partial charge >= 0.3 is 0 Å². The van der Waals surface area contributed by atoms with Crippen LogP contribution in [0.4, 0.5) is 20.4 Å². The number of hydrogen-bond donors (Lipinski definition) is 4. The second-order valence-electron chi connectivity index (χ2n) is 8.04. The number of nitrogens with one attached hydrogen (secondary N) is 3. The average molecular weight is 456 g/mol. The van der Waals surface area contributed by atoms with Gasteiger partial charge in [0.05, 0.1) is 23.5 Å². The van der Waals surface area contributed by atoms with E-state index >= 15 is 0 Å². The lowest BCUT2D eigenvalue weighted by Crippen LogP contribution is -2.42. The number of carbonyl (C=O) groups is 1. The van der Waals surface area contributed by atoms with E-state index < -0.39 is 17.7 Å². The molecule has 1 aliphatic heterocycles. The van der Waals surface area contributed by atoms with E-state index in [4.69, 9.17) is 5.73 Å². The van der Waals surface area contributed by atoms with Gasteiger partial charge in [0, 0.05) is 30.4 Å². The van der Waals surface area contributed by atoms with Crippen molar-refractivity contribution in [3.8, 4) is 0 Å². The number of nitrogens with zero attached hydrogens (tertiary/aromatic N) is 2. The number of aromatic nitrogens is 2. The first-order valence-corrected chi connectivity index (χ1v) is 10.9. The van der Waals surface area contributed by atoms with Crippen molar-refractivity contribution in [2.75, 3.05) is 36.8 Å². The number of benzene rings is 2. The lowest BCUT2D eigenvalue weighted by Gasteiger charge is -2.35. The first-order valence-electron chi connectivity index (χ1n) is 10.9. The number of hydrogen-bond acceptors (Lipinski definition) is 6. The van der Waals surface area contributed by atoms with Gasteiger partial charge in [-0.3, -0.25) is 14.6 Å². The molecular formula is C23H26F2N6O2.